The van der Waals surface area contributed by atoms with Crippen molar-refractivity contribution >= 4 is 49.5 Å². The molecule has 4 nitrogen and oxygen atoms in total. The molecule has 4 aromatic rings. The van der Waals surface area contributed by atoms with Gasteiger partial charge in [0.1, 0.15) is 0 Å². The molecule has 3 aromatic carbocycles. The van der Waals surface area contributed by atoms with E-state index < -0.39 is 15.5 Å². The van der Waals surface area contributed by atoms with Crippen molar-refractivity contribution in [1.82, 2.24) is 4.98 Å². The number of nitrogens with one attached hydrogen (secondary N) is 1. The molecule has 0 radical (unpaired) electrons. The average molecular weight is 442 g/mol. The second-order valence-electron chi connectivity index (χ2n) is 7.10. The molecule has 0 fully saturated rings. The van der Waals surface area contributed by atoms with Crippen molar-refractivity contribution in [3.63, 3.8) is 0 Å². The highest BCUT2D eigenvalue weighted by Crippen LogP contribution is 2.28. The average Bonchev–Trinajstić information content (AvgIpc) is 2.70. The molecular weight excluding hydrogens is 425 g/mol. The van der Waals surface area contributed by atoms with E-state index in [1.54, 1.807) is 22.9 Å². The van der Waals surface area contributed by atoms with E-state index in [1.807, 2.05) is 49.4 Å². The van der Waals surface area contributed by atoms with Gasteiger partial charge in [0.25, 0.3) is 0 Å². The summed E-state index contributed by atoms with van der Waals surface area (Å²) in [6.45, 7) is 2.02. The minimum Gasteiger partial charge on any atom is -0.276 e. The highest BCUT2D eigenvalue weighted by atomic mass is 32.2. The summed E-state index contributed by atoms with van der Waals surface area (Å²) in [7, 11) is -5.47. The molecule has 0 unspecified atom stereocenters. The number of fused-ring (bicyclic) bond motifs is 2. The number of rotatable bonds is 4. The Bertz CT molecular complexity index is 1430. The normalized spacial score (nSPS) is 12.6. The van der Waals surface area contributed by atoms with E-state index in [0.717, 1.165) is 33.1 Å². The number of hydrogen-bond donors (Lipinski definition) is 1. The molecule has 1 aromatic heterocycles. The fourth-order valence-electron chi connectivity index (χ4n) is 3.26. The fourth-order valence-corrected chi connectivity index (χ4v) is 3.81. The number of halogens is 3. The SMILES string of the molecule is Cc1ccc2nc(/C=C/c3cccc4cc(NS(=O)(=O)C(F)(F)F)ccc34)ccc2c1. The molecule has 0 atom stereocenters. The van der Waals surface area contributed by atoms with Crippen LogP contribution in [0, 0.1) is 6.92 Å². The molecule has 0 bridgehead atoms. The predicted octanol–water partition coefficient (Wildman–Crippen LogP) is 6.13. The molecule has 0 spiro atoms. The summed E-state index contributed by atoms with van der Waals surface area (Å²) in [6, 6.07) is 19.5. The van der Waals surface area contributed by atoms with Crippen LogP contribution < -0.4 is 4.72 Å². The Kier molecular flexibility index (Phi) is 5.18. The van der Waals surface area contributed by atoms with Crippen LogP contribution in [0.25, 0.3) is 33.8 Å². The smallest absolute Gasteiger partial charge is 0.276 e. The number of sulfonamides is 1. The summed E-state index contributed by atoms with van der Waals surface area (Å²) < 4.78 is 62.1. The third kappa shape index (κ3) is 4.39. The summed E-state index contributed by atoms with van der Waals surface area (Å²) in [5.41, 5.74) is -1.90. The van der Waals surface area contributed by atoms with Crippen LogP contribution >= 0.6 is 0 Å². The molecule has 0 aliphatic rings. The fraction of sp³-hybridized carbons (Fsp3) is 0.0870. The third-order valence-corrected chi connectivity index (χ3v) is 5.88. The molecule has 0 saturated carbocycles. The zero-order valence-corrected chi connectivity index (χ0v) is 17.1. The molecule has 0 aliphatic heterocycles. The lowest BCUT2D eigenvalue weighted by Crippen LogP contribution is -2.29. The Labute approximate surface area is 177 Å². The first-order chi connectivity index (χ1) is 14.6. The van der Waals surface area contributed by atoms with Crippen LogP contribution in [0.15, 0.2) is 66.7 Å². The molecule has 8 heteroatoms. The van der Waals surface area contributed by atoms with E-state index in [9.17, 15) is 21.6 Å². The second kappa shape index (κ2) is 7.70. The molecule has 1 N–H and O–H groups in total. The van der Waals surface area contributed by atoms with Gasteiger partial charge in [-0.1, -0.05) is 48.0 Å². The lowest BCUT2D eigenvalue weighted by Gasteiger charge is -2.11. The number of aryl methyl sites for hydroxylation is 1. The van der Waals surface area contributed by atoms with E-state index in [2.05, 4.69) is 11.1 Å². The van der Waals surface area contributed by atoms with Gasteiger partial charge in [0, 0.05) is 11.1 Å². The maximum atomic E-state index is 12.6. The third-order valence-electron chi connectivity index (χ3n) is 4.77. The topological polar surface area (TPSA) is 59.1 Å². The van der Waals surface area contributed by atoms with E-state index >= 15 is 0 Å². The number of pyridine rings is 1. The lowest BCUT2D eigenvalue weighted by molar-refractivity contribution is -0.0429. The molecule has 0 aliphatic carbocycles. The second-order valence-corrected chi connectivity index (χ2v) is 8.77. The quantitative estimate of drug-likeness (QED) is 0.414. The molecule has 0 saturated heterocycles. The highest BCUT2D eigenvalue weighted by Gasteiger charge is 2.46. The van der Waals surface area contributed by atoms with Crippen molar-refractivity contribution in [2.45, 2.75) is 12.4 Å². The largest absolute Gasteiger partial charge is 0.516 e. The van der Waals surface area contributed by atoms with Gasteiger partial charge in [-0.05, 0) is 59.7 Å². The summed E-state index contributed by atoms with van der Waals surface area (Å²) in [6.07, 6.45) is 3.72. The van der Waals surface area contributed by atoms with Crippen LogP contribution in [0.4, 0.5) is 18.9 Å². The van der Waals surface area contributed by atoms with Gasteiger partial charge in [0.15, 0.2) is 0 Å². The summed E-state index contributed by atoms with van der Waals surface area (Å²) in [4.78, 5) is 4.62. The van der Waals surface area contributed by atoms with Crippen molar-refractivity contribution in [2.24, 2.45) is 0 Å². The maximum absolute atomic E-state index is 12.6. The van der Waals surface area contributed by atoms with Gasteiger partial charge in [-0.3, -0.25) is 4.72 Å². The standard InChI is InChI=1S/C23H17F3N2O2S/c1-15-5-12-22-18(13-15)7-9-19(27-22)8-6-16-3-2-4-17-14-20(10-11-21(16)17)28-31(29,30)23(24,25)26/h2-14,28H,1H3/b8-6+. The van der Waals surface area contributed by atoms with Crippen molar-refractivity contribution in [1.29, 1.82) is 0 Å². The molecule has 158 valence electrons. The van der Waals surface area contributed by atoms with Crippen molar-refractivity contribution in [2.75, 3.05) is 4.72 Å². The first kappa shape index (κ1) is 20.9. The van der Waals surface area contributed by atoms with Crippen molar-refractivity contribution in [3.05, 3.63) is 83.6 Å². The molecule has 1 heterocycles. The van der Waals surface area contributed by atoms with Crippen LogP contribution in [-0.2, 0) is 10.0 Å². The van der Waals surface area contributed by atoms with Gasteiger partial charge in [-0.25, -0.2) is 4.98 Å². The van der Waals surface area contributed by atoms with E-state index in [-0.39, 0.29) is 5.69 Å². The van der Waals surface area contributed by atoms with E-state index in [0.29, 0.717) is 5.39 Å². The zero-order chi connectivity index (χ0) is 22.2. The monoisotopic (exact) mass is 442 g/mol. The van der Waals surface area contributed by atoms with Crippen LogP contribution in [0.1, 0.15) is 16.8 Å². The van der Waals surface area contributed by atoms with Gasteiger partial charge >= 0.3 is 15.5 Å². The number of anilines is 1. The van der Waals surface area contributed by atoms with Crippen LogP contribution in [0.5, 0.6) is 0 Å². The van der Waals surface area contributed by atoms with Gasteiger partial charge in [-0.15, -0.1) is 0 Å². The number of benzene rings is 3. The van der Waals surface area contributed by atoms with Gasteiger partial charge in [0.05, 0.1) is 11.2 Å². The molecule has 4 rings (SSSR count). The van der Waals surface area contributed by atoms with E-state index in [1.165, 1.54) is 12.1 Å². The first-order valence-corrected chi connectivity index (χ1v) is 10.8. The number of alkyl halides is 3. The molecule has 31 heavy (non-hydrogen) atoms. The Balaban J connectivity index is 1.65. The maximum Gasteiger partial charge on any atom is 0.516 e. The van der Waals surface area contributed by atoms with Crippen LogP contribution in [0.2, 0.25) is 0 Å². The summed E-state index contributed by atoms with van der Waals surface area (Å²) in [5, 5.41) is 2.42. The molecular formula is C23H17F3N2O2S. The first-order valence-electron chi connectivity index (χ1n) is 9.30. The Morgan fingerprint density at radius 3 is 2.48 bits per heavy atom. The number of aromatic nitrogens is 1. The van der Waals surface area contributed by atoms with Gasteiger partial charge in [-0.2, -0.15) is 21.6 Å². The number of nitrogens with zero attached hydrogens (tertiary/aromatic N) is 1. The summed E-state index contributed by atoms with van der Waals surface area (Å²) in [5.74, 6) is 0. The summed E-state index contributed by atoms with van der Waals surface area (Å²) >= 11 is 0. The van der Waals surface area contributed by atoms with E-state index in [4.69, 9.17) is 0 Å². The Morgan fingerprint density at radius 1 is 0.903 bits per heavy atom. The van der Waals surface area contributed by atoms with Crippen molar-refractivity contribution in [3.8, 4) is 0 Å². The molecule has 0 amide bonds. The minimum atomic E-state index is -5.47. The Morgan fingerprint density at radius 2 is 1.71 bits per heavy atom. The predicted molar refractivity (Wildman–Crippen MR) is 118 cm³/mol. The minimum absolute atomic E-state index is 0.155. The highest BCUT2D eigenvalue weighted by molar-refractivity contribution is 7.93. The lowest BCUT2D eigenvalue weighted by atomic mass is 10.0. The Hall–Kier alpha value is -3.39. The van der Waals surface area contributed by atoms with Gasteiger partial charge < -0.3 is 0 Å². The van der Waals surface area contributed by atoms with Crippen molar-refractivity contribution < 1.29 is 21.6 Å². The zero-order valence-electron chi connectivity index (χ0n) is 16.3. The van der Waals surface area contributed by atoms with Crippen LogP contribution in [-0.4, -0.2) is 18.9 Å². The number of hydrogen-bond acceptors (Lipinski definition) is 3. The van der Waals surface area contributed by atoms with Crippen LogP contribution in [0.3, 0.4) is 0 Å². The van der Waals surface area contributed by atoms with Gasteiger partial charge in [0.2, 0.25) is 0 Å².